The van der Waals surface area contributed by atoms with Gasteiger partial charge >= 0.3 is 0 Å². The molecule has 0 bridgehead atoms. The molecule has 1 aromatic heterocycles. The van der Waals surface area contributed by atoms with Crippen molar-refractivity contribution in [2.45, 2.75) is 39.7 Å². The van der Waals surface area contributed by atoms with Crippen molar-refractivity contribution in [3.63, 3.8) is 0 Å². The van der Waals surface area contributed by atoms with Crippen LogP contribution in [0.4, 0.5) is 0 Å². The van der Waals surface area contributed by atoms with Crippen molar-refractivity contribution < 1.29 is 0 Å². The van der Waals surface area contributed by atoms with Gasteiger partial charge in [-0.15, -0.1) is 0 Å². The highest BCUT2D eigenvalue weighted by Gasteiger charge is 2.13. The molecule has 0 fully saturated rings. The lowest BCUT2D eigenvalue weighted by molar-refractivity contribution is 0.543. The van der Waals surface area contributed by atoms with E-state index in [9.17, 15) is 0 Å². The van der Waals surface area contributed by atoms with Crippen molar-refractivity contribution in [3.05, 3.63) is 63.4 Å². The van der Waals surface area contributed by atoms with Crippen molar-refractivity contribution in [2.75, 3.05) is 6.54 Å². The van der Waals surface area contributed by atoms with Crippen molar-refractivity contribution in [2.24, 2.45) is 0 Å². The molecule has 0 aliphatic carbocycles. The lowest BCUT2D eigenvalue weighted by Crippen LogP contribution is -2.23. The first-order chi connectivity index (χ1) is 10.1. The number of benzene rings is 1. The number of rotatable bonds is 6. The fourth-order valence-electron chi connectivity index (χ4n) is 2.51. The third-order valence-electron chi connectivity index (χ3n) is 3.62. The molecule has 1 N–H and O–H groups in total. The molecular formula is C18H23BrN2. The highest BCUT2D eigenvalue weighted by Crippen LogP contribution is 2.23. The Balaban J connectivity index is 2.21. The maximum absolute atomic E-state index is 4.59. The van der Waals surface area contributed by atoms with E-state index in [-0.39, 0.29) is 0 Å². The van der Waals surface area contributed by atoms with Crippen LogP contribution < -0.4 is 5.32 Å². The smallest absolute Gasteiger partial charge is 0.0422 e. The Kier molecular flexibility index (Phi) is 5.95. The molecular weight excluding hydrogens is 324 g/mol. The van der Waals surface area contributed by atoms with Crippen LogP contribution in [0.3, 0.4) is 0 Å². The molecule has 0 aliphatic heterocycles. The predicted octanol–water partition coefficient (Wildman–Crippen LogP) is 4.61. The van der Waals surface area contributed by atoms with Crippen LogP contribution in [-0.2, 0) is 12.8 Å². The Morgan fingerprint density at radius 3 is 2.57 bits per heavy atom. The van der Waals surface area contributed by atoms with Gasteiger partial charge in [0.25, 0.3) is 0 Å². The van der Waals surface area contributed by atoms with Gasteiger partial charge in [0.2, 0.25) is 0 Å². The quantitative estimate of drug-likeness (QED) is 0.826. The van der Waals surface area contributed by atoms with E-state index in [1.807, 2.05) is 6.20 Å². The number of halogens is 1. The lowest BCUT2D eigenvalue weighted by atomic mass is 9.99. The number of hydrogen-bond acceptors (Lipinski definition) is 2. The largest absolute Gasteiger partial charge is 0.310 e. The number of nitrogens with zero attached hydrogens (tertiary/aromatic N) is 1. The minimum atomic E-state index is 0.297. The van der Waals surface area contributed by atoms with E-state index in [4.69, 9.17) is 0 Å². The van der Waals surface area contributed by atoms with Gasteiger partial charge in [0.1, 0.15) is 0 Å². The first-order valence-electron chi connectivity index (χ1n) is 7.56. The summed E-state index contributed by atoms with van der Waals surface area (Å²) < 4.78 is 1.13. The Morgan fingerprint density at radius 2 is 2.00 bits per heavy atom. The van der Waals surface area contributed by atoms with Crippen LogP contribution in [-0.4, -0.2) is 11.5 Å². The first-order valence-corrected chi connectivity index (χ1v) is 8.36. The highest BCUT2D eigenvalue weighted by molar-refractivity contribution is 9.10. The summed E-state index contributed by atoms with van der Waals surface area (Å²) in [6, 6.07) is 11.2. The minimum absolute atomic E-state index is 0.297. The summed E-state index contributed by atoms with van der Waals surface area (Å²) in [5.74, 6) is 0. The summed E-state index contributed by atoms with van der Waals surface area (Å²) in [6.07, 6.45) is 3.94. The van der Waals surface area contributed by atoms with Crippen LogP contribution in [0.5, 0.6) is 0 Å². The molecule has 2 rings (SSSR count). The molecule has 3 heteroatoms. The number of hydrogen-bond donors (Lipinski definition) is 1. The number of likely N-dealkylation sites (N-methyl/N-ethyl adjacent to an activating group) is 1. The van der Waals surface area contributed by atoms with Crippen molar-refractivity contribution in [3.8, 4) is 0 Å². The predicted molar refractivity (Wildman–Crippen MR) is 92.6 cm³/mol. The molecule has 2 nitrogen and oxygen atoms in total. The molecule has 1 heterocycles. The molecule has 1 atom stereocenters. The fourth-order valence-corrected chi connectivity index (χ4v) is 3.14. The van der Waals surface area contributed by atoms with Crippen LogP contribution >= 0.6 is 15.9 Å². The Morgan fingerprint density at radius 1 is 1.19 bits per heavy atom. The summed E-state index contributed by atoms with van der Waals surface area (Å²) >= 11 is 3.59. The average molecular weight is 347 g/mol. The zero-order chi connectivity index (χ0) is 15.2. The van der Waals surface area contributed by atoms with Gasteiger partial charge in [-0.25, -0.2) is 0 Å². The molecule has 0 spiro atoms. The van der Waals surface area contributed by atoms with Crippen LogP contribution in [0.1, 0.15) is 42.3 Å². The van der Waals surface area contributed by atoms with Crippen LogP contribution in [0, 0.1) is 6.92 Å². The Bertz CT molecular complexity index is 558. The standard InChI is InChI=1S/C18H23BrN2/c1-4-14-6-7-17(21-12-14)11-18(20-5-2)15-8-13(3)9-16(19)10-15/h6-10,12,18,20H,4-5,11H2,1-3H3. The fraction of sp³-hybridized carbons (Fsp3) is 0.389. The molecule has 0 amide bonds. The van der Waals surface area contributed by atoms with Gasteiger partial charge in [0, 0.05) is 28.8 Å². The van der Waals surface area contributed by atoms with E-state index in [1.165, 1.54) is 16.7 Å². The minimum Gasteiger partial charge on any atom is -0.310 e. The second-order valence-corrected chi connectivity index (χ2v) is 6.30. The molecule has 112 valence electrons. The molecule has 2 aromatic rings. The van der Waals surface area contributed by atoms with Crippen molar-refractivity contribution in [1.82, 2.24) is 10.3 Å². The third kappa shape index (κ3) is 4.65. The van der Waals surface area contributed by atoms with Gasteiger partial charge in [-0.2, -0.15) is 0 Å². The second kappa shape index (κ2) is 7.71. The van der Waals surface area contributed by atoms with Gasteiger partial charge in [-0.1, -0.05) is 41.9 Å². The topological polar surface area (TPSA) is 24.9 Å². The number of aromatic nitrogens is 1. The van der Waals surface area contributed by atoms with E-state index in [0.29, 0.717) is 6.04 Å². The van der Waals surface area contributed by atoms with E-state index in [1.54, 1.807) is 0 Å². The summed E-state index contributed by atoms with van der Waals surface area (Å²) in [6.45, 7) is 7.38. The van der Waals surface area contributed by atoms with E-state index >= 15 is 0 Å². The number of nitrogens with one attached hydrogen (secondary N) is 1. The van der Waals surface area contributed by atoms with Crippen molar-refractivity contribution in [1.29, 1.82) is 0 Å². The molecule has 0 saturated carbocycles. The van der Waals surface area contributed by atoms with E-state index in [2.05, 4.69) is 77.3 Å². The Labute approximate surface area is 136 Å². The molecule has 1 unspecified atom stereocenters. The molecule has 1 aromatic carbocycles. The van der Waals surface area contributed by atoms with Gasteiger partial charge in [-0.3, -0.25) is 4.98 Å². The summed E-state index contributed by atoms with van der Waals surface area (Å²) in [5, 5.41) is 3.57. The van der Waals surface area contributed by atoms with E-state index < -0.39 is 0 Å². The molecule has 0 aliphatic rings. The van der Waals surface area contributed by atoms with Gasteiger partial charge in [-0.05, 0) is 54.8 Å². The lowest BCUT2D eigenvalue weighted by Gasteiger charge is -2.19. The number of aryl methyl sites for hydroxylation is 2. The summed E-state index contributed by atoms with van der Waals surface area (Å²) in [4.78, 5) is 4.59. The maximum Gasteiger partial charge on any atom is 0.0422 e. The Hall–Kier alpha value is -1.19. The van der Waals surface area contributed by atoms with E-state index in [0.717, 1.165) is 29.6 Å². The average Bonchev–Trinajstić information content (AvgIpc) is 2.46. The highest BCUT2D eigenvalue weighted by atomic mass is 79.9. The van der Waals surface area contributed by atoms with Crippen LogP contribution in [0.25, 0.3) is 0 Å². The summed E-state index contributed by atoms with van der Waals surface area (Å²) in [7, 11) is 0. The third-order valence-corrected chi connectivity index (χ3v) is 4.08. The van der Waals surface area contributed by atoms with Gasteiger partial charge in [0.15, 0.2) is 0 Å². The maximum atomic E-state index is 4.59. The summed E-state index contributed by atoms with van der Waals surface area (Å²) in [5.41, 5.74) is 5.01. The molecule has 0 saturated heterocycles. The zero-order valence-electron chi connectivity index (χ0n) is 13.0. The van der Waals surface area contributed by atoms with Crippen LogP contribution in [0.15, 0.2) is 41.0 Å². The normalized spacial score (nSPS) is 12.4. The monoisotopic (exact) mass is 346 g/mol. The molecule has 0 radical (unpaired) electrons. The second-order valence-electron chi connectivity index (χ2n) is 5.39. The van der Waals surface area contributed by atoms with Gasteiger partial charge < -0.3 is 5.32 Å². The van der Waals surface area contributed by atoms with Gasteiger partial charge in [0.05, 0.1) is 0 Å². The number of pyridine rings is 1. The van der Waals surface area contributed by atoms with Crippen molar-refractivity contribution >= 4 is 15.9 Å². The molecule has 21 heavy (non-hydrogen) atoms. The zero-order valence-corrected chi connectivity index (χ0v) is 14.6. The first kappa shape index (κ1) is 16.2. The van der Waals surface area contributed by atoms with Crippen LogP contribution in [0.2, 0.25) is 0 Å². The SMILES string of the molecule is CCNC(Cc1ccc(CC)cn1)c1cc(C)cc(Br)c1.